The Morgan fingerprint density at radius 3 is 2.38 bits per heavy atom. The van der Waals surface area contributed by atoms with Crippen molar-refractivity contribution in [2.75, 3.05) is 39.3 Å². The van der Waals surface area contributed by atoms with Gasteiger partial charge in [-0.1, -0.05) is 0 Å². The Hall–Kier alpha value is -0.610. The predicted octanol–water partition coefficient (Wildman–Crippen LogP) is -0.0975. The fraction of sp³-hybridized carbons (Fsp3) is 0.917. The van der Waals surface area contributed by atoms with E-state index >= 15 is 0 Å². The molecule has 4 heteroatoms. The van der Waals surface area contributed by atoms with Gasteiger partial charge in [0.05, 0.1) is 0 Å². The lowest BCUT2D eigenvalue weighted by atomic mass is 10.2. The van der Waals surface area contributed by atoms with Gasteiger partial charge in [0.1, 0.15) is 0 Å². The lowest BCUT2D eigenvalue weighted by Crippen LogP contribution is -2.52. The van der Waals surface area contributed by atoms with Crippen LogP contribution in [0.2, 0.25) is 0 Å². The van der Waals surface area contributed by atoms with E-state index in [2.05, 4.69) is 15.1 Å². The van der Waals surface area contributed by atoms with Gasteiger partial charge in [0.15, 0.2) is 0 Å². The van der Waals surface area contributed by atoms with Crippen molar-refractivity contribution >= 4 is 5.91 Å². The molecule has 1 amide bonds. The largest absolute Gasteiger partial charge is 0.340 e. The van der Waals surface area contributed by atoms with E-state index in [4.69, 9.17) is 0 Å². The molecular weight excluding hydrogens is 202 g/mol. The molecule has 16 heavy (non-hydrogen) atoms. The smallest absolute Gasteiger partial charge is 0.225 e. The number of rotatable bonds is 2. The Bertz CT molecular complexity index is 263. The maximum atomic E-state index is 11.9. The van der Waals surface area contributed by atoms with Crippen LogP contribution in [0.4, 0.5) is 0 Å². The van der Waals surface area contributed by atoms with E-state index in [1.165, 1.54) is 6.42 Å². The third-order valence-electron chi connectivity index (χ3n) is 4.10. The van der Waals surface area contributed by atoms with E-state index < -0.39 is 0 Å². The van der Waals surface area contributed by atoms with Crippen molar-refractivity contribution in [2.45, 2.75) is 25.3 Å². The lowest BCUT2D eigenvalue weighted by molar-refractivity contribution is -0.134. The van der Waals surface area contributed by atoms with E-state index in [1.54, 1.807) is 0 Å². The second kappa shape index (κ2) is 4.34. The Kier molecular flexibility index (Phi) is 2.86. The molecule has 90 valence electrons. The van der Waals surface area contributed by atoms with Crippen LogP contribution in [-0.2, 0) is 4.79 Å². The summed E-state index contributed by atoms with van der Waals surface area (Å²) in [5.74, 6) is 0.809. The van der Waals surface area contributed by atoms with Gasteiger partial charge in [-0.15, -0.1) is 0 Å². The van der Waals surface area contributed by atoms with Gasteiger partial charge in [-0.25, -0.2) is 0 Å². The zero-order valence-electron chi connectivity index (χ0n) is 9.82. The van der Waals surface area contributed by atoms with Crippen LogP contribution in [0.15, 0.2) is 0 Å². The summed E-state index contributed by atoms with van der Waals surface area (Å²) < 4.78 is 0. The summed E-state index contributed by atoms with van der Waals surface area (Å²) in [7, 11) is 0. The molecule has 1 atom stereocenters. The molecule has 2 heterocycles. The first kappa shape index (κ1) is 10.5. The molecule has 1 aliphatic carbocycles. The summed E-state index contributed by atoms with van der Waals surface area (Å²) in [5, 5.41) is 3.41. The normalized spacial score (nSPS) is 32.0. The average Bonchev–Trinajstić information content (AvgIpc) is 3.04. The van der Waals surface area contributed by atoms with Crippen LogP contribution in [0, 0.1) is 5.92 Å². The molecule has 4 nitrogen and oxygen atoms in total. The lowest BCUT2D eigenvalue weighted by Gasteiger charge is -2.37. The van der Waals surface area contributed by atoms with Crippen LogP contribution in [0.5, 0.6) is 0 Å². The number of hydrogen-bond donors (Lipinski definition) is 1. The quantitative estimate of drug-likeness (QED) is 0.710. The van der Waals surface area contributed by atoms with E-state index in [0.29, 0.717) is 11.8 Å². The first-order valence-corrected chi connectivity index (χ1v) is 6.58. The second-order valence-electron chi connectivity index (χ2n) is 5.28. The first-order chi connectivity index (χ1) is 7.84. The number of nitrogens with zero attached hydrogens (tertiary/aromatic N) is 2. The Morgan fingerprint density at radius 2 is 1.81 bits per heavy atom. The SMILES string of the molecule is O=C(C1CC1)N1CCN([C@@H]2CCNC2)CC1. The molecule has 0 aromatic rings. The second-order valence-corrected chi connectivity index (χ2v) is 5.28. The number of amides is 1. The summed E-state index contributed by atoms with van der Waals surface area (Å²) in [4.78, 5) is 16.5. The van der Waals surface area contributed by atoms with Gasteiger partial charge < -0.3 is 10.2 Å². The maximum Gasteiger partial charge on any atom is 0.225 e. The Labute approximate surface area is 97.0 Å². The van der Waals surface area contributed by atoms with Crippen molar-refractivity contribution in [3.8, 4) is 0 Å². The van der Waals surface area contributed by atoms with Crippen molar-refractivity contribution in [2.24, 2.45) is 5.92 Å². The topological polar surface area (TPSA) is 35.6 Å². The minimum Gasteiger partial charge on any atom is -0.340 e. The van der Waals surface area contributed by atoms with Crippen molar-refractivity contribution < 1.29 is 4.79 Å². The van der Waals surface area contributed by atoms with E-state index in [9.17, 15) is 4.79 Å². The summed E-state index contributed by atoms with van der Waals surface area (Å²) in [6.07, 6.45) is 3.54. The molecule has 0 unspecified atom stereocenters. The molecule has 3 aliphatic rings. The molecule has 2 aliphatic heterocycles. The molecule has 0 radical (unpaired) electrons. The standard InChI is InChI=1S/C12H21N3O/c16-12(10-1-2-10)15-7-5-14(6-8-15)11-3-4-13-9-11/h10-11,13H,1-9H2/t11-/m1/s1. The fourth-order valence-corrected chi connectivity index (χ4v) is 2.85. The predicted molar refractivity (Wildman–Crippen MR) is 62.2 cm³/mol. The highest BCUT2D eigenvalue weighted by atomic mass is 16.2. The fourth-order valence-electron chi connectivity index (χ4n) is 2.85. The van der Waals surface area contributed by atoms with E-state index in [-0.39, 0.29) is 0 Å². The summed E-state index contributed by atoms with van der Waals surface area (Å²) in [6, 6.07) is 0.721. The maximum absolute atomic E-state index is 11.9. The van der Waals surface area contributed by atoms with Crippen molar-refractivity contribution in [3.63, 3.8) is 0 Å². The summed E-state index contributed by atoms with van der Waals surface area (Å²) in [5.41, 5.74) is 0. The zero-order chi connectivity index (χ0) is 11.0. The minimum atomic E-state index is 0.389. The van der Waals surface area contributed by atoms with Crippen LogP contribution < -0.4 is 5.32 Å². The van der Waals surface area contributed by atoms with Crippen LogP contribution in [-0.4, -0.2) is 61.0 Å². The first-order valence-electron chi connectivity index (χ1n) is 6.58. The van der Waals surface area contributed by atoms with Gasteiger partial charge in [0.25, 0.3) is 0 Å². The molecule has 0 aromatic carbocycles. The number of nitrogens with one attached hydrogen (secondary N) is 1. The molecule has 0 bridgehead atoms. The molecule has 1 saturated carbocycles. The van der Waals surface area contributed by atoms with Gasteiger partial charge in [0, 0.05) is 44.7 Å². The highest BCUT2D eigenvalue weighted by Crippen LogP contribution is 2.31. The molecule has 3 fully saturated rings. The highest BCUT2D eigenvalue weighted by molar-refractivity contribution is 5.81. The van der Waals surface area contributed by atoms with Gasteiger partial charge in [-0.3, -0.25) is 9.69 Å². The summed E-state index contributed by atoms with van der Waals surface area (Å²) >= 11 is 0. The number of hydrogen-bond acceptors (Lipinski definition) is 3. The molecule has 3 rings (SSSR count). The highest BCUT2D eigenvalue weighted by Gasteiger charge is 2.35. The monoisotopic (exact) mass is 223 g/mol. The van der Waals surface area contributed by atoms with Gasteiger partial charge in [-0.05, 0) is 25.8 Å². The van der Waals surface area contributed by atoms with Crippen molar-refractivity contribution in [1.29, 1.82) is 0 Å². The molecule has 2 saturated heterocycles. The average molecular weight is 223 g/mol. The number of piperazine rings is 1. The van der Waals surface area contributed by atoms with E-state index in [1.807, 2.05) is 0 Å². The van der Waals surface area contributed by atoms with E-state index in [0.717, 1.165) is 58.2 Å². The molecule has 1 N–H and O–H groups in total. The van der Waals surface area contributed by atoms with Crippen LogP contribution in [0.1, 0.15) is 19.3 Å². The van der Waals surface area contributed by atoms with Gasteiger partial charge >= 0.3 is 0 Å². The summed E-state index contributed by atoms with van der Waals surface area (Å²) in [6.45, 7) is 6.34. The number of carbonyl (C=O) groups excluding carboxylic acids is 1. The van der Waals surface area contributed by atoms with Gasteiger partial charge in [0.2, 0.25) is 5.91 Å². The van der Waals surface area contributed by atoms with Crippen LogP contribution >= 0.6 is 0 Å². The van der Waals surface area contributed by atoms with Crippen molar-refractivity contribution in [1.82, 2.24) is 15.1 Å². The Balaban J connectivity index is 1.49. The third-order valence-corrected chi connectivity index (χ3v) is 4.10. The molecular formula is C12H21N3O. The zero-order valence-corrected chi connectivity index (χ0v) is 9.82. The molecule has 0 spiro atoms. The molecule has 0 aromatic heterocycles. The van der Waals surface area contributed by atoms with Gasteiger partial charge in [-0.2, -0.15) is 0 Å². The van der Waals surface area contributed by atoms with Crippen LogP contribution in [0.25, 0.3) is 0 Å². The Morgan fingerprint density at radius 1 is 1.06 bits per heavy atom. The third kappa shape index (κ3) is 2.09. The minimum absolute atomic E-state index is 0.389. The van der Waals surface area contributed by atoms with Crippen molar-refractivity contribution in [3.05, 3.63) is 0 Å². The van der Waals surface area contributed by atoms with Crippen LogP contribution in [0.3, 0.4) is 0 Å². The number of carbonyl (C=O) groups is 1.